The van der Waals surface area contributed by atoms with E-state index < -0.39 is 11.9 Å². The first-order valence-corrected chi connectivity index (χ1v) is 8.81. The van der Waals surface area contributed by atoms with E-state index in [1.54, 1.807) is 6.07 Å². The Hall–Kier alpha value is -2.02. The van der Waals surface area contributed by atoms with Crippen LogP contribution in [0.4, 0.5) is 13.2 Å². The highest BCUT2D eigenvalue weighted by Crippen LogP contribution is 2.35. The Bertz CT molecular complexity index is 830. The lowest BCUT2D eigenvalue weighted by molar-refractivity contribution is -0.142. The quantitative estimate of drug-likeness (QED) is 0.862. The SMILES string of the molecule is Cc1ccc(CNC(=O)Cn2nc(C(F)(F)F)c3c2CCCC3)cc1Cl. The normalized spacial score (nSPS) is 14.2. The third-order valence-corrected chi connectivity index (χ3v) is 4.95. The molecule has 0 bridgehead atoms. The van der Waals surface area contributed by atoms with Gasteiger partial charge in [0.1, 0.15) is 6.54 Å². The molecule has 3 rings (SSSR count). The summed E-state index contributed by atoms with van der Waals surface area (Å²) in [6.45, 7) is 1.91. The first kappa shape index (κ1) is 18.8. The third-order valence-electron chi connectivity index (χ3n) is 4.54. The molecule has 0 fully saturated rings. The van der Waals surface area contributed by atoms with E-state index in [1.807, 2.05) is 19.1 Å². The summed E-state index contributed by atoms with van der Waals surface area (Å²) in [5, 5.41) is 7.01. The number of hydrogen-bond acceptors (Lipinski definition) is 2. The summed E-state index contributed by atoms with van der Waals surface area (Å²) >= 11 is 6.05. The van der Waals surface area contributed by atoms with E-state index in [4.69, 9.17) is 11.6 Å². The van der Waals surface area contributed by atoms with Gasteiger partial charge in [-0.15, -0.1) is 0 Å². The summed E-state index contributed by atoms with van der Waals surface area (Å²) in [4.78, 5) is 12.2. The van der Waals surface area contributed by atoms with Crippen LogP contribution in [0.3, 0.4) is 0 Å². The molecule has 0 atom stereocenters. The number of amides is 1. The molecule has 0 unspecified atom stereocenters. The summed E-state index contributed by atoms with van der Waals surface area (Å²) in [6.07, 6.45) is -2.11. The van der Waals surface area contributed by atoms with Crippen molar-refractivity contribution in [1.29, 1.82) is 0 Å². The Kier molecular flexibility index (Phi) is 5.27. The number of rotatable bonds is 4. The lowest BCUT2D eigenvalue weighted by atomic mass is 9.95. The number of benzene rings is 1. The van der Waals surface area contributed by atoms with Crippen LogP contribution in [-0.4, -0.2) is 15.7 Å². The molecule has 1 N–H and O–H groups in total. The standard InChI is InChI=1S/C18H19ClF3N3O/c1-11-6-7-12(8-14(11)19)9-23-16(26)10-25-15-5-3-2-4-13(15)17(24-25)18(20,21)22/h6-8H,2-5,9-10H2,1H3,(H,23,26). The predicted molar refractivity (Wildman–Crippen MR) is 91.9 cm³/mol. The van der Waals surface area contributed by atoms with Gasteiger partial charge in [0.05, 0.1) is 0 Å². The Morgan fingerprint density at radius 1 is 1.31 bits per heavy atom. The van der Waals surface area contributed by atoms with Gasteiger partial charge in [-0.25, -0.2) is 0 Å². The fraction of sp³-hybridized carbons (Fsp3) is 0.444. The lowest BCUT2D eigenvalue weighted by Crippen LogP contribution is -2.28. The molecule has 2 aromatic rings. The number of halogens is 4. The lowest BCUT2D eigenvalue weighted by Gasteiger charge is -2.14. The van der Waals surface area contributed by atoms with Gasteiger partial charge in [0.15, 0.2) is 5.69 Å². The van der Waals surface area contributed by atoms with Gasteiger partial charge in [-0.1, -0.05) is 23.7 Å². The molecule has 1 aromatic carbocycles. The zero-order valence-corrected chi connectivity index (χ0v) is 15.0. The van der Waals surface area contributed by atoms with E-state index in [-0.39, 0.29) is 24.6 Å². The van der Waals surface area contributed by atoms with Crippen LogP contribution in [0, 0.1) is 6.92 Å². The van der Waals surface area contributed by atoms with E-state index in [2.05, 4.69) is 10.4 Å². The van der Waals surface area contributed by atoms with Crippen molar-refractivity contribution in [1.82, 2.24) is 15.1 Å². The van der Waals surface area contributed by atoms with Gasteiger partial charge in [0.25, 0.3) is 0 Å². The number of hydrogen-bond donors (Lipinski definition) is 1. The van der Waals surface area contributed by atoms with Gasteiger partial charge < -0.3 is 5.32 Å². The van der Waals surface area contributed by atoms with Crippen molar-refractivity contribution in [3.8, 4) is 0 Å². The number of carbonyl (C=O) groups excluding carboxylic acids is 1. The second-order valence-electron chi connectivity index (χ2n) is 6.50. The molecule has 8 heteroatoms. The average molecular weight is 386 g/mol. The maximum Gasteiger partial charge on any atom is 0.435 e. The van der Waals surface area contributed by atoms with Crippen LogP contribution in [0.25, 0.3) is 0 Å². The fourth-order valence-electron chi connectivity index (χ4n) is 3.17. The second-order valence-corrected chi connectivity index (χ2v) is 6.90. The maximum atomic E-state index is 13.2. The van der Waals surface area contributed by atoms with Crippen molar-refractivity contribution in [3.05, 3.63) is 51.3 Å². The summed E-state index contributed by atoms with van der Waals surface area (Å²) < 4.78 is 40.7. The van der Waals surface area contributed by atoms with Gasteiger partial charge in [0, 0.05) is 22.8 Å². The molecule has 1 aliphatic rings. The zero-order chi connectivity index (χ0) is 18.9. The van der Waals surface area contributed by atoms with E-state index in [0.29, 0.717) is 30.0 Å². The van der Waals surface area contributed by atoms with Gasteiger partial charge in [-0.2, -0.15) is 18.3 Å². The van der Waals surface area contributed by atoms with E-state index >= 15 is 0 Å². The van der Waals surface area contributed by atoms with Gasteiger partial charge in [-0.05, 0) is 49.8 Å². The van der Waals surface area contributed by atoms with Crippen LogP contribution in [0.1, 0.15) is 40.9 Å². The second kappa shape index (κ2) is 7.31. The molecule has 1 heterocycles. The van der Waals surface area contributed by atoms with Crippen LogP contribution in [-0.2, 0) is 36.9 Å². The summed E-state index contributed by atoms with van der Waals surface area (Å²) in [6, 6.07) is 5.46. The summed E-state index contributed by atoms with van der Waals surface area (Å²) in [5.74, 6) is -0.383. The maximum absolute atomic E-state index is 13.2. The molecule has 1 aliphatic carbocycles. The molecule has 140 valence electrons. The first-order valence-electron chi connectivity index (χ1n) is 8.43. The number of fused-ring (bicyclic) bond motifs is 1. The van der Waals surface area contributed by atoms with Crippen molar-refractivity contribution in [2.75, 3.05) is 0 Å². The highest BCUT2D eigenvalue weighted by atomic mass is 35.5. The fourth-order valence-corrected chi connectivity index (χ4v) is 3.37. The molecule has 0 spiro atoms. The molecular formula is C18H19ClF3N3O. The van der Waals surface area contributed by atoms with Crippen molar-refractivity contribution >= 4 is 17.5 Å². The van der Waals surface area contributed by atoms with Crippen molar-refractivity contribution in [3.63, 3.8) is 0 Å². The highest BCUT2D eigenvalue weighted by Gasteiger charge is 2.39. The van der Waals surface area contributed by atoms with Crippen molar-refractivity contribution in [2.24, 2.45) is 0 Å². The van der Waals surface area contributed by atoms with E-state index in [1.165, 1.54) is 4.68 Å². The molecule has 26 heavy (non-hydrogen) atoms. The number of carbonyl (C=O) groups is 1. The first-order chi connectivity index (χ1) is 12.3. The number of aryl methyl sites for hydroxylation is 1. The van der Waals surface area contributed by atoms with Crippen LogP contribution in [0.5, 0.6) is 0 Å². The minimum atomic E-state index is -4.50. The monoisotopic (exact) mass is 385 g/mol. The topological polar surface area (TPSA) is 46.9 Å². The van der Waals surface area contributed by atoms with Gasteiger partial charge in [0.2, 0.25) is 5.91 Å². The Labute approximate surface area is 154 Å². The van der Waals surface area contributed by atoms with Crippen molar-refractivity contribution in [2.45, 2.75) is 51.9 Å². The van der Waals surface area contributed by atoms with E-state index in [0.717, 1.165) is 17.5 Å². The average Bonchev–Trinajstić information content (AvgIpc) is 2.95. The molecule has 1 amide bonds. The third kappa shape index (κ3) is 4.03. The van der Waals surface area contributed by atoms with Crippen molar-refractivity contribution < 1.29 is 18.0 Å². The van der Waals surface area contributed by atoms with Crippen LogP contribution >= 0.6 is 11.6 Å². The zero-order valence-electron chi connectivity index (χ0n) is 14.3. The molecule has 1 aromatic heterocycles. The highest BCUT2D eigenvalue weighted by molar-refractivity contribution is 6.31. The van der Waals surface area contributed by atoms with Crippen LogP contribution < -0.4 is 5.32 Å². The Balaban J connectivity index is 1.71. The molecule has 0 aliphatic heterocycles. The minimum Gasteiger partial charge on any atom is -0.350 e. The number of nitrogens with zero attached hydrogens (tertiary/aromatic N) is 2. The molecule has 0 saturated carbocycles. The van der Waals surface area contributed by atoms with Gasteiger partial charge in [-0.3, -0.25) is 9.48 Å². The Morgan fingerprint density at radius 2 is 2.04 bits per heavy atom. The van der Waals surface area contributed by atoms with Gasteiger partial charge >= 0.3 is 6.18 Å². The summed E-state index contributed by atoms with van der Waals surface area (Å²) in [5.41, 5.74) is 1.67. The molecule has 0 radical (unpaired) electrons. The summed E-state index contributed by atoms with van der Waals surface area (Å²) in [7, 11) is 0. The smallest absolute Gasteiger partial charge is 0.350 e. The minimum absolute atomic E-state index is 0.224. The molecule has 4 nitrogen and oxygen atoms in total. The van der Waals surface area contributed by atoms with Crippen LogP contribution in [0.2, 0.25) is 5.02 Å². The number of alkyl halides is 3. The molecular weight excluding hydrogens is 367 g/mol. The largest absolute Gasteiger partial charge is 0.435 e. The molecule has 0 saturated heterocycles. The predicted octanol–water partition coefficient (Wildman–Crippen LogP) is 4.06. The van der Waals surface area contributed by atoms with E-state index in [9.17, 15) is 18.0 Å². The van der Waals surface area contributed by atoms with Crippen LogP contribution in [0.15, 0.2) is 18.2 Å². The Morgan fingerprint density at radius 3 is 2.73 bits per heavy atom. The number of nitrogens with one attached hydrogen (secondary N) is 1. The number of aromatic nitrogens is 2.